The summed E-state index contributed by atoms with van der Waals surface area (Å²) in [5.74, 6) is 1.95. The van der Waals surface area contributed by atoms with Crippen LogP contribution in [0.3, 0.4) is 0 Å². The molecular formula is C20H24FN3O. The summed E-state index contributed by atoms with van der Waals surface area (Å²) in [6, 6.07) is 9.06. The number of anilines is 1. The molecule has 2 aromatic rings. The molecule has 0 N–H and O–H groups in total. The van der Waals surface area contributed by atoms with Crippen LogP contribution in [0.25, 0.3) is 0 Å². The molecule has 1 aromatic carbocycles. The number of rotatable bonds is 4. The standard InChI is InChI=1S/C20H24FN3O/c21-18-3-1-15(2-4-18)11-16-5-8-24(9-6-16)20-12-19(22-14-23-20)17-7-10-25-13-17/h1-4,12,14,16-17H,5-11,13H2/t17-/m1/s1. The van der Waals surface area contributed by atoms with Gasteiger partial charge in [-0.3, -0.25) is 0 Å². The molecule has 4 nitrogen and oxygen atoms in total. The van der Waals surface area contributed by atoms with E-state index in [1.165, 1.54) is 5.56 Å². The van der Waals surface area contributed by atoms with Crippen molar-refractivity contribution in [1.82, 2.24) is 9.97 Å². The third-order valence-electron chi connectivity index (χ3n) is 5.40. The predicted molar refractivity (Wildman–Crippen MR) is 95.3 cm³/mol. The monoisotopic (exact) mass is 341 g/mol. The van der Waals surface area contributed by atoms with Gasteiger partial charge in [0, 0.05) is 31.7 Å². The minimum Gasteiger partial charge on any atom is -0.381 e. The lowest BCUT2D eigenvalue weighted by molar-refractivity contribution is 0.193. The largest absolute Gasteiger partial charge is 0.381 e. The van der Waals surface area contributed by atoms with Gasteiger partial charge in [0.05, 0.1) is 12.3 Å². The molecular weight excluding hydrogens is 317 g/mol. The maximum atomic E-state index is 13.0. The molecule has 1 atom stereocenters. The average Bonchev–Trinajstić information content (AvgIpc) is 3.19. The Kier molecular flexibility index (Phi) is 4.92. The molecule has 0 bridgehead atoms. The maximum absolute atomic E-state index is 13.0. The van der Waals surface area contributed by atoms with Crippen molar-refractivity contribution in [1.29, 1.82) is 0 Å². The van der Waals surface area contributed by atoms with Crippen molar-refractivity contribution in [3.8, 4) is 0 Å². The molecule has 0 radical (unpaired) electrons. The van der Waals surface area contributed by atoms with Crippen LogP contribution in [-0.2, 0) is 11.2 Å². The Balaban J connectivity index is 1.35. The summed E-state index contributed by atoms with van der Waals surface area (Å²) in [6.45, 7) is 3.64. The van der Waals surface area contributed by atoms with E-state index in [0.29, 0.717) is 11.8 Å². The second kappa shape index (κ2) is 7.48. The van der Waals surface area contributed by atoms with E-state index in [1.807, 2.05) is 12.1 Å². The first-order chi connectivity index (χ1) is 12.3. The number of piperidine rings is 1. The van der Waals surface area contributed by atoms with E-state index in [1.54, 1.807) is 18.5 Å². The van der Waals surface area contributed by atoms with Crippen LogP contribution in [0.2, 0.25) is 0 Å². The molecule has 25 heavy (non-hydrogen) atoms. The van der Waals surface area contributed by atoms with Crippen LogP contribution in [0.5, 0.6) is 0 Å². The lowest BCUT2D eigenvalue weighted by Gasteiger charge is -2.33. The van der Waals surface area contributed by atoms with E-state index < -0.39 is 0 Å². The van der Waals surface area contributed by atoms with E-state index in [2.05, 4.69) is 20.9 Å². The van der Waals surface area contributed by atoms with Crippen molar-refractivity contribution in [3.63, 3.8) is 0 Å². The fourth-order valence-corrected chi connectivity index (χ4v) is 3.85. The van der Waals surface area contributed by atoms with E-state index in [9.17, 15) is 4.39 Å². The molecule has 0 amide bonds. The summed E-state index contributed by atoms with van der Waals surface area (Å²) in [5.41, 5.74) is 2.33. The molecule has 0 unspecified atom stereocenters. The van der Waals surface area contributed by atoms with Crippen LogP contribution in [-0.4, -0.2) is 36.3 Å². The average molecular weight is 341 g/mol. The van der Waals surface area contributed by atoms with Crippen LogP contribution >= 0.6 is 0 Å². The normalized spacial score (nSPS) is 21.6. The molecule has 132 valence electrons. The highest BCUT2D eigenvalue weighted by Crippen LogP contribution is 2.28. The zero-order valence-corrected chi connectivity index (χ0v) is 14.4. The van der Waals surface area contributed by atoms with Gasteiger partial charge in [0.1, 0.15) is 18.0 Å². The molecule has 0 spiro atoms. The lowest BCUT2D eigenvalue weighted by atomic mass is 9.90. The van der Waals surface area contributed by atoms with Crippen molar-refractivity contribution in [2.24, 2.45) is 5.92 Å². The summed E-state index contributed by atoms with van der Waals surface area (Å²) in [6.07, 6.45) is 6.05. The predicted octanol–water partition coefficient (Wildman–Crippen LogP) is 3.58. The number of aromatic nitrogens is 2. The van der Waals surface area contributed by atoms with Gasteiger partial charge in [-0.2, -0.15) is 0 Å². The fraction of sp³-hybridized carbons (Fsp3) is 0.500. The second-order valence-corrected chi connectivity index (χ2v) is 7.12. The number of nitrogens with zero attached hydrogens (tertiary/aromatic N) is 3. The van der Waals surface area contributed by atoms with Crippen LogP contribution < -0.4 is 4.90 Å². The van der Waals surface area contributed by atoms with E-state index >= 15 is 0 Å². The quantitative estimate of drug-likeness (QED) is 0.852. The van der Waals surface area contributed by atoms with E-state index in [-0.39, 0.29) is 5.82 Å². The second-order valence-electron chi connectivity index (χ2n) is 7.12. The summed E-state index contributed by atoms with van der Waals surface area (Å²) in [4.78, 5) is 11.3. The van der Waals surface area contributed by atoms with Gasteiger partial charge in [-0.05, 0) is 49.3 Å². The smallest absolute Gasteiger partial charge is 0.132 e. The zero-order chi connectivity index (χ0) is 17.1. The zero-order valence-electron chi connectivity index (χ0n) is 14.4. The molecule has 2 saturated heterocycles. The van der Waals surface area contributed by atoms with Crippen molar-refractivity contribution < 1.29 is 9.13 Å². The van der Waals surface area contributed by atoms with Gasteiger partial charge in [-0.25, -0.2) is 14.4 Å². The van der Waals surface area contributed by atoms with E-state index in [4.69, 9.17) is 4.74 Å². The summed E-state index contributed by atoms with van der Waals surface area (Å²) < 4.78 is 18.5. The molecule has 1 aromatic heterocycles. The summed E-state index contributed by atoms with van der Waals surface area (Å²) in [7, 11) is 0. The van der Waals surface area contributed by atoms with Gasteiger partial charge in [0.2, 0.25) is 0 Å². The highest BCUT2D eigenvalue weighted by Gasteiger charge is 2.23. The van der Waals surface area contributed by atoms with Crippen molar-refractivity contribution >= 4 is 5.82 Å². The Morgan fingerprint density at radius 3 is 2.60 bits per heavy atom. The molecule has 0 saturated carbocycles. The van der Waals surface area contributed by atoms with Crippen molar-refractivity contribution in [3.05, 3.63) is 53.7 Å². The minimum atomic E-state index is -0.161. The molecule has 5 heteroatoms. The third kappa shape index (κ3) is 3.98. The SMILES string of the molecule is Fc1ccc(CC2CCN(c3cc([C@@H]4CCOC4)ncn3)CC2)cc1. The summed E-state index contributed by atoms with van der Waals surface area (Å²) in [5, 5.41) is 0. The Morgan fingerprint density at radius 2 is 1.88 bits per heavy atom. The van der Waals surface area contributed by atoms with Gasteiger partial charge in [0.25, 0.3) is 0 Å². The number of hydrogen-bond donors (Lipinski definition) is 0. The van der Waals surface area contributed by atoms with Crippen LogP contribution in [0, 0.1) is 11.7 Å². The van der Waals surface area contributed by atoms with Crippen LogP contribution in [0.4, 0.5) is 10.2 Å². The van der Waals surface area contributed by atoms with Crippen LogP contribution in [0.1, 0.15) is 36.4 Å². The van der Waals surface area contributed by atoms with Gasteiger partial charge in [-0.1, -0.05) is 12.1 Å². The van der Waals surface area contributed by atoms with Gasteiger partial charge < -0.3 is 9.64 Å². The first-order valence-corrected chi connectivity index (χ1v) is 9.17. The highest BCUT2D eigenvalue weighted by molar-refractivity contribution is 5.40. The summed E-state index contributed by atoms with van der Waals surface area (Å²) >= 11 is 0. The first kappa shape index (κ1) is 16.5. The number of ether oxygens (including phenoxy) is 1. The van der Waals surface area contributed by atoms with Crippen molar-refractivity contribution in [2.75, 3.05) is 31.2 Å². The fourth-order valence-electron chi connectivity index (χ4n) is 3.85. The van der Waals surface area contributed by atoms with Gasteiger partial charge in [0.15, 0.2) is 0 Å². The van der Waals surface area contributed by atoms with E-state index in [0.717, 1.165) is 63.5 Å². The van der Waals surface area contributed by atoms with Gasteiger partial charge in [-0.15, -0.1) is 0 Å². The van der Waals surface area contributed by atoms with Crippen LogP contribution in [0.15, 0.2) is 36.7 Å². The Labute approximate surface area is 148 Å². The number of halogens is 1. The number of hydrogen-bond acceptors (Lipinski definition) is 4. The van der Waals surface area contributed by atoms with Crippen molar-refractivity contribution in [2.45, 2.75) is 31.6 Å². The number of benzene rings is 1. The molecule has 3 heterocycles. The maximum Gasteiger partial charge on any atom is 0.132 e. The Bertz CT molecular complexity index is 692. The Morgan fingerprint density at radius 1 is 1.08 bits per heavy atom. The molecule has 0 aliphatic carbocycles. The first-order valence-electron chi connectivity index (χ1n) is 9.17. The highest BCUT2D eigenvalue weighted by atomic mass is 19.1. The molecule has 2 fully saturated rings. The lowest BCUT2D eigenvalue weighted by Crippen LogP contribution is -2.35. The minimum absolute atomic E-state index is 0.161. The molecule has 2 aliphatic rings. The third-order valence-corrected chi connectivity index (χ3v) is 5.40. The topological polar surface area (TPSA) is 38.2 Å². The molecule has 2 aliphatic heterocycles. The van der Waals surface area contributed by atoms with Gasteiger partial charge >= 0.3 is 0 Å². The Hall–Kier alpha value is -2.01. The molecule has 4 rings (SSSR count).